The summed E-state index contributed by atoms with van der Waals surface area (Å²) in [6.45, 7) is 0. The van der Waals surface area contributed by atoms with E-state index in [1.165, 1.54) is 24.3 Å². The van der Waals surface area contributed by atoms with Crippen molar-refractivity contribution in [1.29, 1.82) is 5.26 Å². The van der Waals surface area contributed by atoms with Crippen LogP contribution in [0.4, 0.5) is 26.3 Å². The van der Waals surface area contributed by atoms with Crippen molar-refractivity contribution in [2.75, 3.05) is 0 Å². The van der Waals surface area contributed by atoms with Gasteiger partial charge >= 0.3 is 0 Å². The van der Waals surface area contributed by atoms with Gasteiger partial charge in [-0.2, -0.15) is 5.26 Å². The number of benzene rings is 4. The summed E-state index contributed by atoms with van der Waals surface area (Å²) in [5.41, 5.74) is -2.57. The number of hydrogen-bond donors (Lipinski definition) is 0. The first kappa shape index (κ1) is 24.3. The molecule has 0 aliphatic rings. The van der Waals surface area contributed by atoms with Gasteiger partial charge in [-0.25, -0.2) is 26.3 Å². The molecule has 1 nitrogen and oxygen atoms in total. The molecule has 0 saturated carbocycles. The van der Waals surface area contributed by atoms with Crippen molar-refractivity contribution < 1.29 is 26.3 Å². The lowest BCUT2D eigenvalue weighted by Crippen LogP contribution is -2.32. The van der Waals surface area contributed by atoms with E-state index < -0.39 is 51.4 Å². The fourth-order valence-electron chi connectivity index (χ4n) is 3.61. The maximum atomic E-state index is 14.8. The van der Waals surface area contributed by atoms with Gasteiger partial charge in [0.25, 0.3) is 0 Å². The molecule has 10 heteroatoms. The quantitative estimate of drug-likeness (QED) is 0.333. The number of hydrogen-bond acceptors (Lipinski definition) is 1. The Hall–Kier alpha value is -3.86. The first-order valence-corrected chi connectivity index (χ1v) is 9.97. The molecule has 0 aromatic heterocycles. The van der Waals surface area contributed by atoms with E-state index in [0.29, 0.717) is 0 Å². The molecule has 0 aliphatic heterocycles. The molecule has 0 amide bonds. The third-order valence-corrected chi connectivity index (χ3v) is 5.35. The third-order valence-electron chi connectivity index (χ3n) is 5.35. The highest BCUT2D eigenvalue weighted by atomic mass is 19.2. The zero-order chi connectivity index (χ0) is 25.4. The van der Waals surface area contributed by atoms with Crippen LogP contribution in [-0.4, -0.2) is 23.0 Å². The van der Waals surface area contributed by atoms with Crippen molar-refractivity contribution in [1.82, 2.24) is 0 Å². The molecule has 0 atom stereocenters. The van der Waals surface area contributed by atoms with Gasteiger partial charge in [0.2, 0.25) is 0 Å². The maximum Gasteiger partial charge on any atom is 0.199 e. The van der Waals surface area contributed by atoms with Crippen LogP contribution in [0.3, 0.4) is 0 Å². The van der Waals surface area contributed by atoms with E-state index >= 15 is 0 Å². The van der Waals surface area contributed by atoms with Crippen LogP contribution in [0.1, 0.15) is 5.56 Å². The van der Waals surface area contributed by atoms with E-state index in [1.54, 1.807) is 0 Å². The Bertz CT molecular complexity index is 1510. The van der Waals surface area contributed by atoms with E-state index in [-0.39, 0.29) is 33.2 Å². The highest BCUT2D eigenvalue weighted by Crippen LogP contribution is 2.25. The highest BCUT2D eigenvalue weighted by molar-refractivity contribution is 6.67. The molecule has 0 aliphatic carbocycles. The summed E-state index contributed by atoms with van der Waals surface area (Å²) in [6.07, 6.45) is 0. The Morgan fingerprint density at radius 1 is 0.657 bits per heavy atom. The molecule has 0 spiro atoms. The molecule has 4 aromatic carbocycles. The van der Waals surface area contributed by atoms with Crippen LogP contribution in [0, 0.1) is 46.2 Å². The van der Waals surface area contributed by atoms with Crippen molar-refractivity contribution in [3.63, 3.8) is 0 Å². The van der Waals surface area contributed by atoms with Gasteiger partial charge in [-0.05, 0) is 46.9 Å². The molecular weight excluding hydrogens is 461 g/mol. The lowest BCUT2D eigenvalue weighted by Gasteiger charge is -2.13. The molecule has 0 N–H and O–H groups in total. The zero-order valence-electron chi connectivity index (χ0n) is 17.6. The van der Waals surface area contributed by atoms with Crippen LogP contribution in [-0.2, 0) is 0 Å². The zero-order valence-corrected chi connectivity index (χ0v) is 17.6. The molecular formula is C25H9B3F6N. The fourth-order valence-corrected chi connectivity index (χ4v) is 3.61. The van der Waals surface area contributed by atoms with Gasteiger partial charge in [0.1, 0.15) is 62.2 Å². The summed E-state index contributed by atoms with van der Waals surface area (Å²) in [5, 5.41) is 8.82. The number of halogens is 6. The average Bonchev–Trinajstić information content (AvgIpc) is 2.79. The van der Waals surface area contributed by atoms with E-state index in [1.807, 2.05) is 0 Å². The molecule has 4 rings (SSSR count). The third kappa shape index (κ3) is 4.59. The molecule has 165 valence electrons. The monoisotopic (exact) mass is 470 g/mol. The Morgan fingerprint density at radius 3 is 1.89 bits per heavy atom. The van der Waals surface area contributed by atoms with Crippen LogP contribution < -0.4 is 21.9 Å². The van der Waals surface area contributed by atoms with Gasteiger partial charge in [0, 0.05) is 11.1 Å². The van der Waals surface area contributed by atoms with Gasteiger partial charge in [0.15, 0.2) is 7.28 Å². The summed E-state index contributed by atoms with van der Waals surface area (Å²) >= 11 is 0. The summed E-state index contributed by atoms with van der Waals surface area (Å²) < 4.78 is 86.5. The average molecular weight is 470 g/mol. The summed E-state index contributed by atoms with van der Waals surface area (Å²) in [6, 6.07) is 10.9. The second-order valence-electron chi connectivity index (χ2n) is 7.60. The fraction of sp³-hybridized carbons (Fsp3) is 0. The molecule has 0 saturated heterocycles. The van der Waals surface area contributed by atoms with Crippen molar-refractivity contribution in [3.8, 4) is 28.3 Å². The molecule has 5 radical (unpaired) electrons. The van der Waals surface area contributed by atoms with Crippen LogP contribution in [0.2, 0.25) is 0 Å². The second kappa shape index (κ2) is 9.42. The van der Waals surface area contributed by atoms with Gasteiger partial charge in [-0.15, -0.1) is 0 Å². The van der Waals surface area contributed by atoms with Crippen molar-refractivity contribution >= 4 is 44.8 Å². The summed E-state index contributed by atoms with van der Waals surface area (Å²) in [5.74, 6) is -6.32. The SMILES string of the molecule is [B]c1ccc(-c2cc(F)c([B]c3ccc(-c4cc(F)c(C#N)c(F)c4[B])c(F)c3)c(F)c2)c(F)c1. The predicted molar refractivity (Wildman–Crippen MR) is 124 cm³/mol. The van der Waals surface area contributed by atoms with Gasteiger partial charge in [-0.3, -0.25) is 0 Å². The molecule has 4 aromatic rings. The minimum Gasteiger partial charge on any atom is -0.207 e. The van der Waals surface area contributed by atoms with Crippen molar-refractivity contribution in [2.24, 2.45) is 0 Å². The molecule has 0 bridgehead atoms. The van der Waals surface area contributed by atoms with E-state index in [4.69, 9.17) is 21.0 Å². The lowest BCUT2D eigenvalue weighted by atomic mass is 9.63. The standard InChI is InChI=1S/C25H9B3F6N/c26-12-1-3-14(18(29)7-12)11-5-21(32)24(22(33)6-11)28-13-2-4-15(19(30)8-13)16-9-20(31)17(10-35)25(34)23(16)27/h1-9H. The molecule has 0 fully saturated rings. The normalized spacial score (nSPS) is 10.8. The minimum absolute atomic E-state index is 0.0311. The van der Waals surface area contributed by atoms with E-state index in [0.717, 1.165) is 43.7 Å². The second-order valence-corrected chi connectivity index (χ2v) is 7.60. The number of nitriles is 1. The Morgan fingerprint density at radius 2 is 1.29 bits per heavy atom. The lowest BCUT2D eigenvalue weighted by molar-refractivity contribution is 0.582. The predicted octanol–water partition coefficient (Wildman–Crippen LogP) is 2.97. The van der Waals surface area contributed by atoms with Crippen molar-refractivity contribution in [2.45, 2.75) is 0 Å². The Balaban J connectivity index is 1.68. The maximum absolute atomic E-state index is 14.8. The smallest absolute Gasteiger partial charge is 0.199 e. The highest BCUT2D eigenvalue weighted by Gasteiger charge is 2.20. The van der Waals surface area contributed by atoms with Crippen LogP contribution in [0.15, 0.2) is 54.6 Å². The van der Waals surface area contributed by atoms with Crippen LogP contribution in [0.25, 0.3) is 22.3 Å². The van der Waals surface area contributed by atoms with Crippen LogP contribution >= 0.6 is 0 Å². The Kier molecular flexibility index (Phi) is 6.53. The number of rotatable bonds is 4. The summed E-state index contributed by atoms with van der Waals surface area (Å²) in [7, 11) is 12.1. The minimum atomic E-state index is -1.32. The first-order valence-electron chi connectivity index (χ1n) is 9.97. The molecule has 35 heavy (non-hydrogen) atoms. The first-order chi connectivity index (χ1) is 16.6. The van der Waals surface area contributed by atoms with Crippen LogP contribution in [0.5, 0.6) is 0 Å². The van der Waals surface area contributed by atoms with Gasteiger partial charge in [-0.1, -0.05) is 40.7 Å². The summed E-state index contributed by atoms with van der Waals surface area (Å²) in [4.78, 5) is 0. The number of nitrogens with zero attached hydrogens (tertiary/aromatic N) is 1. The van der Waals surface area contributed by atoms with Gasteiger partial charge < -0.3 is 0 Å². The molecule has 0 unspecified atom stereocenters. The van der Waals surface area contributed by atoms with E-state index in [9.17, 15) is 26.3 Å². The van der Waals surface area contributed by atoms with E-state index in [2.05, 4.69) is 0 Å². The van der Waals surface area contributed by atoms with Crippen molar-refractivity contribution in [3.05, 3.63) is 95.1 Å². The topological polar surface area (TPSA) is 23.8 Å². The largest absolute Gasteiger partial charge is 0.207 e. The molecule has 0 heterocycles. The Labute approximate surface area is 200 Å². The van der Waals surface area contributed by atoms with Gasteiger partial charge in [0.05, 0.1) is 0 Å².